The summed E-state index contributed by atoms with van der Waals surface area (Å²) in [5.74, 6) is 0.157. The highest BCUT2D eigenvalue weighted by Crippen LogP contribution is 2.48. The average molecular weight is 525 g/mol. The molecule has 6 rings (SSSR count). The maximum Gasteiger partial charge on any atom is 0.307 e. The zero-order valence-corrected chi connectivity index (χ0v) is 21.5. The average Bonchev–Trinajstić information content (AvgIpc) is 3.85. The van der Waals surface area contributed by atoms with E-state index in [4.69, 9.17) is 29.2 Å². The van der Waals surface area contributed by atoms with E-state index in [2.05, 4.69) is 0 Å². The zero-order valence-electron chi connectivity index (χ0n) is 21.5. The molecular formula is C30H36O8. The fourth-order valence-electron chi connectivity index (χ4n) is 5.17. The van der Waals surface area contributed by atoms with Crippen LogP contribution in [0.15, 0.2) is 48.5 Å². The maximum absolute atomic E-state index is 10.8. The SMILES string of the molecule is O=C(O)[C@@H]1C[C@H]1c1ccc(OC2CCCCO2)cc1.O=C(O)[C@H]1C[C@@H]1c1ccc(OC2CCCCO2)cc1. The van der Waals surface area contributed by atoms with Gasteiger partial charge in [0.05, 0.1) is 25.0 Å². The summed E-state index contributed by atoms with van der Waals surface area (Å²) >= 11 is 0. The van der Waals surface area contributed by atoms with Gasteiger partial charge in [-0.3, -0.25) is 9.59 Å². The van der Waals surface area contributed by atoms with Crippen molar-refractivity contribution in [1.29, 1.82) is 0 Å². The standard InChI is InChI=1S/2C15H18O4/c2*16-15(17)13-9-12(13)10-4-6-11(7-5-10)19-14-3-1-2-8-18-14/h2*4-7,12-14H,1-3,8-9H2,(H,16,17)/t2*12-,13+,14?/m10/s1. The van der Waals surface area contributed by atoms with E-state index >= 15 is 0 Å². The molecule has 8 nitrogen and oxygen atoms in total. The van der Waals surface area contributed by atoms with Crippen LogP contribution in [0.4, 0.5) is 0 Å². The molecule has 0 radical (unpaired) electrons. The lowest BCUT2D eigenvalue weighted by molar-refractivity contribution is -0.139. The molecule has 38 heavy (non-hydrogen) atoms. The summed E-state index contributed by atoms with van der Waals surface area (Å²) in [6.07, 6.45) is 7.61. The number of carbonyl (C=O) groups is 2. The number of benzene rings is 2. The second kappa shape index (κ2) is 12.2. The van der Waals surface area contributed by atoms with Crippen LogP contribution in [0, 0.1) is 11.8 Å². The second-order valence-corrected chi connectivity index (χ2v) is 10.5. The van der Waals surface area contributed by atoms with Gasteiger partial charge in [0.1, 0.15) is 11.5 Å². The molecule has 0 spiro atoms. The zero-order chi connectivity index (χ0) is 26.5. The molecule has 2 aromatic rings. The van der Waals surface area contributed by atoms with Crippen molar-refractivity contribution in [2.75, 3.05) is 13.2 Å². The monoisotopic (exact) mass is 524 g/mol. The fraction of sp³-hybridized carbons (Fsp3) is 0.533. The molecule has 2 saturated carbocycles. The third-order valence-electron chi connectivity index (χ3n) is 7.64. The molecule has 2 unspecified atom stereocenters. The molecule has 2 aromatic carbocycles. The lowest BCUT2D eigenvalue weighted by atomic mass is 10.1. The van der Waals surface area contributed by atoms with Gasteiger partial charge >= 0.3 is 11.9 Å². The Morgan fingerprint density at radius 2 is 1.03 bits per heavy atom. The molecule has 0 amide bonds. The molecule has 0 bridgehead atoms. The van der Waals surface area contributed by atoms with Crippen LogP contribution in [0.5, 0.6) is 11.5 Å². The number of hydrogen-bond donors (Lipinski definition) is 2. The van der Waals surface area contributed by atoms with Gasteiger partial charge in [-0.25, -0.2) is 0 Å². The van der Waals surface area contributed by atoms with Crippen molar-refractivity contribution >= 4 is 11.9 Å². The minimum Gasteiger partial charge on any atom is -0.481 e. The quantitative estimate of drug-likeness (QED) is 0.462. The summed E-state index contributed by atoms with van der Waals surface area (Å²) in [5.41, 5.74) is 2.17. The van der Waals surface area contributed by atoms with E-state index in [1.165, 1.54) is 0 Å². The van der Waals surface area contributed by atoms with E-state index in [0.29, 0.717) is 0 Å². The summed E-state index contributed by atoms with van der Waals surface area (Å²) in [7, 11) is 0. The second-order valence-electron chi connectivity index (χ2n) is 10.5. The maximum atomic E-state index is 10.8. The molecule has 2 aliphatic carbocycles. The Labute approximate surface area is 222 Å². The van der Waals surface area contributed by atoms with Crippen molar-refractivity contribution in [3.63, 3.8) is 0 Å². The number of rotatable bonds is 8. The number of carboxylic acid groups (broad SMARTS) is 2. The van der Waals surface area contributed by atoms with Crippen LogP contribution in [-0.4, -0.2) is 47.9 Å². The van der Waals surface area contributed by atoms with Crippen molar-refractivity contribution in [3.8, 4) is 11.5 Å². The molecule has 4 aliphatic rings. The normalized spacial score (nSPS) is 29.8. The van der Waals surface area contributed by atoms with Crippen LogP contribution in [0.3, 0.4) is 0 Å². The Hall–Kier alpha value is -3.10. The molecule has 4 fully saturated rings. The van der Waals surface area contributed by atoms with E-state index in [9.17, 15) is 9.59 Å². The van der Waals surface area contributed by atoms with Gasteiger partial charge in [-0.1, -0.05) is 24.3 Å². The minimum atomic E-state index is -0.694. The molecular weight excluding hydrogens is 488 g/mol. The molecule has 204 valence electrons. The summed E-state index contributed by atoms with van der Waals surface area (Å²) in [6, 6.07) is 15.5. The molecule has 2 heterocycles. The summed E-state index contributed by atoms with van der Waals surface area (Å²) in [6.45, 7) is 1.54. The lowest BCUT2D eigenvalue weighted by Gasteiger charge is -2.23. The van der Waals surface area contributed by atoms with Crippen LogP contribution in [0.2, 0.25) is 0 Å². The van der Waals surface area contributed by atoms with E-state index < -0.39 is 11.9 Å². The van der Waals surface area contributed by atoms with Gasteiger partial charge in [-0.05, 0) is 85.8 Å². The van der Waals surface area contributed by atoms with Crippen molar-refractivity contribution in [2.45, 2.75) is 75.8 Å². The first-order chi connectivity index (χ1) is 18.5. The molecule has 2 N–H and O–H groups in total. The predicted molar refractivity (Wildman–Crippen MR) is 138 cm³/mol. The van der Waals surface area contributed by atoms with Gasteiger partial charge in [0.2, 0.25) is 0 Å². The lowest BCUT2D eigenvalue weighted by Crippen LogP contribution is -2.24. The third kappa shape index (κ3) is 7.05. The first-order valence-corrected chi connectivity index (χ1v) is 13.7. The smallest absolute Gasteiger partial charge is 0.307 e. The molecule has 6 atom stereocenters. The Kier molecular flexibility index (Phi) is 8.49. The van der Waals surface area contributed by atoms with Gasteiger partial charge in [0, 0.05) is 12.8 Å². The van der Waals surface area contributed by atoms with Crippen LogP contribution in [0.25, 0.3) is 0 Å². The van der Waals surface area contributed by atoms with Gasteiger partial charge in [0.25, 0.3) is 0 Å². The van der Waals surface area contributed by atoms with Crippen LogP contribution >= 0.6 is 0 Å². The number of carboxylic acids is 2. The highest BCUT2D eigenvalue weighted by Gasteiger charge is 2.44. The van der Waals surface area contributed by atoms with Crippen molar-refractivity contribution in [1.82, 2.24) is 0 Å². The fourth-order valence-corrected chi connectivity index (χ4v) is 5.17. The Balaban J connectivity index is 0.000000155. The van der Waals surface area contributed by atoms with E-state index in [1.54, 1.807) is 0 Å². The van der Waals surface area contributed by atoms with Crippen LogP contribution in [-0.2, 0) is 19.1 Å². The highest BCUT2D eigenvalue weighted by molar-refractivity contribution is 5.75. The topological polar surface area (TPSA) is 112 Å². The van der Waals surface area contributed by atoms with Gasteiger partial charge in [0.15, 0.2) is 12.6 Å². The third-order valence-corrected chi connectivity index (χ3v) is 7.64. The molecule has 0 aromatic heterocycles. The molecule has 2 aliphatic heterocycles. The minimum absolute atomic E-state index is 0.132. The van der Waals surface area contributed by atoms with Crippen LogP contribution in [0.1, 0.15) is 74.3 Å². The van der Waals surface area contributed by atoms with Gasteiger partial charge in [-0.2, -0.15) is 0 Å². The van der Waals surface area contributed by atoms with Gasteiger partial charge < -0.3 is 29.2 Å². The number of hydrogen-bond acceptors (Lipinski definition) is 6. The van der Waals surface area contributed by atoms with E-state index in [0.717, 1.165) is 87.2 Å². The first-order valence-electron chi connectivity index (χ1n) is 13.7. The predicted octanol–water partition coefficient (Wildman–Crippen LogP) is 5.56. The van der Waals surface area contributed by atoms with Crippen molar-refractivity contribution in [3.05, 3.63) is 59.7 Å². The molecule has 8 heteroatoms. The van der Waals surface area contributed by atoms with Crippen molar-refractivity contribution in [2.24, 2.45) is 11.8 Å². The molecule has 2 saturated heterocycles. The first kappa shape index (κ1) is 26.5. The number of ether oxygens (including phenoxy) is 4. The van der Waals surface area contributed by atoms with E-state index in [1.807, 2.05) is 48.5 Å². The van der Waals surface area contributed by atoms with E-state index in [-0.39, 0.29) is 36.3 Å². The van der Waals surface area contributed by atoms with Crippen LogP contribution < -0.4 is 9.47 Å². The Bertz CT molecular complexity index is 983. The van der Waals surface area contributed by atoms with Gasteiger partial charge in [-0.15, -0.1) is 0 Å². The summed E-state index contributed by atoms with van der Waals surface area (Å²) in [4.78, 5) is 21.7. The summed E-state index contributed by atoms with van der Waals surface area (Å²) in [5, 5.41) is 17.8. The highest BCUT2D eigenvalue weighted by atomic mass is 16.7. The summed E-state index contributed by atoms with van der Waals surface area (Å²) < 4.78 is 22.5. The Morgan fingerprint density at radius 3 is 1.32 bits per heavy atom. The largest absolute Gasteiger partial charge is 0.481 e. The van der Waals surface area contributed by atoms with Crippen molar-refractivity contribution < 1.29 is 38.7 Å². The number of aliphatic carboxylic acids is 2. The Morgan fingerprint density at radius 1 is 0.632 bits per heavy atom.